The molecule has 7 aromatic rings. The van der Waals surface area contributed by atoms with E-state index >= 15 is 0 Å². The molecule has 0 aliphatic heterocycles. The number of pyridine rings is 1. The lowest BCUT2D eigenvalue weighted by atomic mass is 9.81. The third-order valence-corrected chi connectivity index (χ3v) is 8.38. The summed E-state index contributed by atoms with van der Waals surface area (Å²) < 4.78 is 0. The Morgan fingerprint density at radius 1 is 0.575 bits per heavy atom. The molecule has 0 unspecified atom stereocenters. The summed E-state index contributed by atoms with van der Waals surface area (Å²) in [6.45, 7) is 4.65. The molecule has 40 heavy (non-hydrogen) atoms. The van der Waals surface area contributed by atoms with Crippen LogP contribution in [0.4, 0.5) is 0 Å². The van der Waals surface area contributed by atoms with E-state index in [-0.39, 0.29) is 5.41 Å². The fourth-order valence-corrected chi connectivity index (χ4v) is 6.29. The van der Waals surface area contributed by atoms with Crippen LogP contribution in [0.2, 0.25) is 0 Å². The zero-order valence-corrected chi connectivity index (χ0v) is 22.3. The fourth-order valence-electron chi connectivity index (χ4n) is 6.29. The molecule has 0 spiro atoms. The van der Waals surface area contributed by atoms with Crippen LogP contribution in [0.5, 0.6) is 0 Å². The van der Waals surface area contributed by atoms with Crippen LogP contribution in [-0.4, -0.2) is 20.0 Å². The highest BCUT2D eigenvalue weighted by atomic mass is 15.5. The van der Waals surface area contributed by atoms with Gasteiger partial charge in [0.2, 0.25) is 0 Å². The molecular weight excluding hydrogens is 488 g/mol. The summed E-state index contributed by atoms with van der Waals surface area (Å²) in [4.78, 5) is 5.99. The third-order valence-electron chi connectivity index (χ3n) is 8.38. The summed E-state index contributed by atoms with van der Waals surface area (Å²) in [5, 5.41) is 12.2. The second-order valence-corrected chi connectivity index (χ2v) is 11.0. The zero-order chi connectivity index (χ0) is 26.8. The van der Waals surface area contributed by atoms with Gasteiger partial charge < -0.3 is 0 Å². The first kappa shape index (κ1) is 22.9. The van der Waals surface area contributed by atoms with E-state index in [1.54, 1.807) is 11.0 Å². The van der Waals surface area contributed by atoms with Crippen LogP contribution in [0.3, 0.4) is 0 Å². The number of benzene rings is 5. The van der Waals surface area contributed by atoms with Crippen LogP contribution in [0, 0.1) is 0 Å². The predicted molar refractivity (Wildman–Crippen MR) is 163 cm³/mol. The summed E-state index contributed by atoms with van der Waals surface area (Å²) in [5.74, 6) is 0. The third kappa shape index (κ3) is 3.36. The van der Waals surface area contributed by atoms with Gasteiger partial charge in [-0.1, -0.05) is 92.7 Å². The van der Waals surface area contributed by atoms with Gasteiger partial charge in [-0.25, -0.2) is 0 Å². The van der Waals surface area contributed by atoms with Crippen molar-refractivity contribution in [3.63, 3.8) is 0 Å². The minimum atomic E-state index is -0.0487. The molecule has 0 atom stereocenters. The normalized spacial score (nSPS) is 13.4. The molecule has 2 aromatic heterocycles. The van der Waals surface area contributed by atoms with Gasteiger partial charge in [0, 0.05) is 23.2 Å². The number of hydrogen-bond donors (Lipinski definition) is 0. The summed E-state index contributed by atoms with van der Waals surface area (Å²) in [6.07, 6.45) is 3.67. The zero-order valence-electron chi connectivity index (χ0n) is 22.3. The molecule has 0 N–H and O–H groups in total. The molecular formula is C36H26N4. The highest BCUT2D eigenvalue weighted by Crippen LogP contribution is 2.50. The van der Waals surface area contributed by atoms with E-state index < -0.39 is 0 Å². The van der Waals surface area contributed by atoms with Gasteiger partial charge in [0.05, 0.1) is 5.69 Å². The lowest BCUT2D eigenvalue weighted by molar-refractivity contribution is 0.660. The van der Waals surface area contributed by atoms with Crippen molar-refractivity contribution in [2.45, 2.75) is 19.3 Å². The molecule has 190 valence electrons. The van der Waals surface area contributed by atoms with Gasteiger partial charge in [-0.15, -0.1) is 10.2 Å². The monoisotopic (exact) mass is 514 g/mol. The molecule has 2 heterocycles. The molecule has 0 amide bonds. The fraction of sp³-hybridized carbons (Fsp3) is 0.0833. The van der Waals surface area contributed by atoms with E-state index in [0.717, 1.165) is 33.2 Å². The van der Waals surface area contributed by atoms with Crippen LogP contribution in [0.15, 0.2) is 122 Å². The van der Waals surface area contributed by atoms with Gasteiger partial charge in [-0.05, 0) is 80.2 Å². The number of fused-ring (bicyclic) bond motifs is 6. The summed E-state index contributed by atoms with van der Waals surface area (Å²) in [7, 11) is 0. The lowest BCUT2D eigenvalue weighted by Gasteiger charge is -2.22. The molecule has 0 saturated heterocycles. The SMILES string of the molecule is CC1(C)c2ccccc2-c2ccc(-c3cc4nn(-c5ccc(-c6cccnc6)cc5)nc4c4ccccc34)cc21. The van der Waals surface area contributed by atoms with Crippen molar-refractivity contribution >= 4 is 21.8 Å². The van der Waals surface area contributed by atoms with Crippen molar-refractivity contribution in [3.8, 4) is 39.1 Å². The van der Waals surface area contributed by atoms with Crippen LogP contribution >= 0.6 is 0 Å². The first-order valence-corrected chi connectivity index (χ1v) is 13.6. The summed E-state index contributed by atoms with van der Waals surface area (Å²) >= 11 is 0. The van der Waals surface area contributed by atoms with E-state index in [1.165, 1.54) is 38.8 Å². The molecule has 1 aliphatic carbocycles. The first-order valence-electron chi connectivity index (χ1n) is 13.6. The van der Waals surface area contributed by atoms with E-state index in [0.29, 0.717) is 0 Å². The predicted octanol–water partition coefficient (Wildman–Crippen LogP) is 8.61. The number of aromatic nitrogens is 4. The van der Waals surface area contributed by atoms with E-state index in [9.17, 15) is 0 Å². The second kappa shape index (κ2) is 8.45. The largest absolute Gasteiger partial charge is 0.264 e. The van der Waals surface area contributed by atoms with Crippen LogP contribution in [-0.2, 0) is 5.41 Å². The summed E-state index contributed by atoms with van der Waals surface area (Å²) in [6, 6.07) is 38.8. The van der Waals surface area contributed by atoms with Gasteiger partial charge in [-0.3, -0.25) is 4.98 Å². The van der Waals surface area contributed by atoms with Crippen molar-refractivity contribution in [1.82, 2.24) is 20.0 Å². The number of nitrogens with zero attached hydrogens (tertiary/aromatic N) is 4. The van der Waals surface area contributed by atoms with Crippen LogP contribution < -0.4 is 0 Å². The Balaban J connectivity index is 1.26. The maximum Gasteiger partial charge on any atom is 0.121 e. The number of hydrogen-bond acceptors (Lipinski definition) is 3. The minimum Gasteiger partial charge on any atom is -0.264 e. The quantitative estimate of drug-likeness (QED) is 0.237. The Hall–Kier alpha value is -5.09. The van der Waals surface area contributed by atoms with Crippen LogP contribution in [0.1, 0.15) is 25.0 Å². The highest BCUT2D eigenvalue weighted by molar-refractivity contribution is 6.11. The Kier molecular flexibility index (Phi) is 4.83. The van der Waals surface area contributed by atoms with Gasteiger partial charge in [0.25, 0.3) is 0 Å². The Morgan fingerprint density at radius 3 is 2.15 bits per heavy atom. The Bertz CT molecular complexity index is 2070. The van der Waals surface area contributed by atoms with Gasteiger partial charge >= 0.3 is 0 Å². The van der Waals surface area contributed by atoms with Gasteiger partial charge in [-0.2, -0.15) is 4.80 Å². The smallest absolute Gasteiger partial charge is 0.121 e. The molecule has 0 radical (unpaired) electrons. The van der Waals surface area contributed by atoms with Gasteiger partial charge in [0.1, 0.15) is 11.0 Å². The highest BCUT2D eigenvalue weighted by Gasteiger charge is 2.35. The van der Waals surface area contributed by atoms with Crippen LogP contribution in [0.25, 0.3) is 60.9 Å². The van der Waals surface area contributed by atoms with Crippen molar-refractivity contribution in [1.29, 1.82) is 0 Å². The van der Waals surface area contributed by atoms with E-state index in [1.807, 2.05) is 12.3 Å². The minimum absolute atomic E-state index is 0.0487. The van der Waals surface area contributed by atoms with E-state index in [2.05, 4.69) is 122 Å². The standard InChI is InChI=1S/C36H26N4/c1-36(2)32-12-6-5-10-28(32)29-18-15-24(20-33(29)36)31-21-34-35(30-11-4-3-9-27(30)31)39-40(38-34)26-16-13-23(14-17-26)25-8-7-19-37-22-25/h3-22H,1-2H3. The topological polar surface area (TPSA) is 43.6 Å². The molecule has 0 saturated carbocycles. The average molecular weight is 515 g/mol. The first-order chi connectivity index (χ1) is 19.6. The average Bonchev–Trinajstić information content (AvgIpc) is 3.54. The van der Waals surface area contributed by atoms with E-state index in [4.69, 9.17) is 10.2 Å². The molecule has 0 fully saturated rings. The van der Waals surface area contributed by atoms with Gasteiger partial charge in [0.15, 0.2) is 0 Å². The molecule has 5 aromatic carbocycles. The molecule has 8 rings (SSSR count). The van der Waals surface area contributed by atoms with Crippen molar-refractivity contribution in [2.24, 2.45) is 0 Å². The molecule has 0 bridgehead atoms. The maximum absolute atomic E-state index is 4.95. The molecule has 4 nitrogen and oxygen atoms in total. The molecule has 1 aliphatic rings. The van der Waals surface area contributed by atoms with Crippen molar-refractivity contribution < 1.29 is 0 Å². The Labute approximate surface area is 232 Å². The number of rotatable bonds is 3. The van der Waals surface area contributed by atoms with Crippen molar-refractivity contribution in [3.05, 3.63) is 133 Å². The second-order valence-electron chi connectivity index (χ2n) is 11.0. The van der Waals surface area contributed by atoms with Crippen molar-refractivity contribution in [2.75, 3.05) is 0 Å². The lowest BCUT2D eigenvalue weighted by Crippen LogP contribution is -2.14. The Morgan fingerprint density at radius 2 is 1.32 bits per heavy atom. The molecule has 4 heteroatoms. The maximum atomic E-state index is 4.95. The summed E-state index contributed by atoms with van der Waals surface area (Å²) in [5.41, 5.74) is 12.7.